The van der Waals surface area contributed by atoms with Gasteiger partial charge in [0.1, 0.15) is 8.55 Å². The largest absolute Gasteiger partial charge is 0.251 e. The van der Waals surface area contributed by atoms with Gasteiger partial charge in [-0.05, 0) is 32.4 Å². The van der Waals surface area contributed by atoms with E-state index in [2.05, 4.69) is 14.7 Å². The molecule has 0 aliphatic carbocycles. The summed E-state index contributed by atoms with van der Waals surface area (Å²) in [5.41, 5.74) is 7.13. The van der Waals surface area contributed by atoms with Gasteiger partial charge >= 0.3 is 0 Å². The Bertz CT molecular complexity index is 977. The molecule has 0 saturated heterocycles. The van der Waals surface area contributed by atoms with Crippen LogP contribution >= 0.6 is 22.9 Å². The minimum Gasteiger partial charge on any atom is -0.206 e. The summed E-state index contributed by atoms with van der Waals surface area (Å²) >= 11 is 6.67. The number of hydrogen-bond donors (Lipinski definition) is 1. The van der Waals surface area contributed by atoms with Crippen molar-refractivity contribution in [2.75, 3.05) is 0 Å². The van der Waals surface area contributed by atoms with Crippen molar-refractivity contribution in [2.45, 2.75) is 30.5 Å². The molecule has 1 aromatic heterocycles. The first-order valence-electron chi connectivity index (χ1n) is 6.83. The quantitative estimate of drug-likeness (QED) is 0.420. The highest BCUT2D eigenvalue weighted by molar-refractivity contribution is 7.92. The van der Waals surface area contributed by atoms with Crippen molar-refractivity contribution in [1.82, 2.24) is 4.72 Å². The van der Waals surface area contributed by atoms with E-state index in [0.717, 1.165) is 6.07 Å². The van der Waals surface area contributed by atoms with Gasteiger partial charge in [-0.25, -0.2) is 21.9 Å². The Morgan fingerprint density at radius 1 is 1.32 bits per heavy atom. The fourth-order valence-electron chi connectivity index (χ4n) is 2.07. The SMILES string of the molecule is CC(C)(C)NS(=O)(=O)c1sc(Cl)c(-c2cccc(F)c2F)c1N=[N+]=[N-]. The number of halogens is 3. The summed E-state index contributed by atoms with van der Waals surface area (Å²) < 4.78 is 54.7. The number of benzene rings is 1. The molecule has 0 saturated carbocycles. The number of azide groups is 1. The van der Waals surface area contributed by atoms with E-state index in [4.69, 9.17) is 17.1 Å². The van der Waals surface area contributed by atoms with Crippen LogP contribution in [0.4, 0.5) is 14.5 Å². The molecule has 11 heteroatoms. The van der Waals surface area contributed by atoms with Crippen LogP contribution in [-0.2, 0) is 10.0 Å². The highest BCUT2D eigenvalue weighted by Gasteiger charge is 2.31. The van der Waals surface area contributed by atoms with E-state index in [-0.39, 0.29) is 25.4 Å². The first-order chi connectivity index (χ1) is 11.5. The monoisotopic (exact) mass is 406 g/mol. The standard InChI is InChI=1S/C14H13ClF2N4O2S2/c1-14(2,3)20-25(22,23)13-11(19-21-18)9(12(15)24-13)7-5-4-6-8(16)10(7)17/h4-6,20H,1-3H3. The zero-order valence-corrected chi connectivity index (χ0v) is 15.7. The third-order valence-electron chi connectivity index (χ3n) is 2.86. The lowest BCUT2D eigenvalue weighted by Gasteiger charge is -2.19. The summed E-state index contributed by atoms with van der Waals surface area (Å²) in [6.07, 6.45) is 0. The van der Waals surface area contributed by atoms with E-state index in [1.54, 1.807) is 20.8 Å². The molecule has 0 radical (unpaired) electrons. The Balaban J connectivity index is 2.79. The molecule has 0 bridgehead atoms. The summed E-state index contributed by atoms with van der Waals surface area (Å²) in [7, 11) is -4.10. The molecule has 0 spiro atoms. The van der Waals surface area contributed by atoms with Crippen molar-refractivity contribution < 1.29 is 17.2 Å². The fourth-order valence-corrected chi connectivity index (χ4v) is 5.45. The first kappa shape index (κ1) is 19.6. The number of thiophene rings is 1. The average molecular weight is 407 g/mol. The second-order valence-corrected chi connectivity index (χ2v) is 9.53. The highest BCUT2D eigenvalue weighted by atomic mass is 35.5. The van der Waals surface area contributed by atoms with Gasteiger partial charge in [-0.2, -0.15) is 0 Å². The normalized spacial score (nSPS) is 12.1. The summed E-state index contributed by atoms with van der Waals surface area (Å²) in [5.74, 6) is -2.35. The summed E-state index contributed by atoms with van der Waals surface area (Å²) in [5, 5.41) is 3.37. The van der Waals surface area contributed by atoms with Crippen LogP contribution in [0.5, 0.6) is 0 Å². The molecule has 2 aromatic rings. The smallest absolute Gasteiger partial charge is 0.206 e. The molecular weight excluding hydrogens is 394 g/mol. The minimum absolute atomic E-state index is 0.138. The Kier molecular flexibility index (Phi) is 5.41. The highest BCUT2D eigenvalue weighted by Crippen LogP contribution is 2.48. The van der Waals surface area contributed by atoms with E-state index in [0.29, 0.717) is 11.3 Å². The molecule has 25 heavy (non-hydrogen) atoms. The molecule has 1 heterocycles. The van der Waals surface area contributed by atoms with Crippen LogP contribution in [0.1, 0.15) is 20.8 Å². The maximum absolute atomic E-state index is 14.1. The van der Waals surface area contributed by atoms with Gasteiger partial charge in [0.15, 0.2) is 11.6 Å². The van der Waals surface area contributed by atoms with Crippen molar-refractivity contribution in [3.63, 3.8) is 0 Å². The molecule has 1 aromatic carbocycles. The summed E-state index contributed by atoms with van der Waals surface area (Å²) in [6.45, 7) is 4.88. The van der Waals surface area contributed by atoms with Crippen molar-refractivity contribution in [3.8, 4) is 11.1 Å². The zero-order chi connectivity index (χ0) is 19.0. The molecule has 0 aliphatic heterocycles. The molecule has 0 fully saturated rings. The van der Waals surface area contributed by atoms with Crippen LogP contribution in [0.2, 0.25) is 4.34 Å². The van der Waals surface area contributed by atoms with Crippen LogP contribution in [0.25, 0.3) is 21.6 Å². The number of sulfonamides is 1. The van der Waals surface area contributed by atoms with Crippen molar-refractivity contribution in [1.29, 1.82) is 0 Å². The Labute approximate surface area is 152 Å². The van der Waals surface area contributed by atoms with Crippen molar-refractivity contribution in [2.24, 2.45) is 5.11 Å². The maximum Gasteiger partial charge on any atom is 0.251 e. The van der Waals surface area contributed by atoms with Crippen LogP contribution in [-0.4, -0.2) is 14.0 Å². The zero-order valence-electron chi connectivity index (χ0n) is 13.3. The van der Waals surface area contributed by atoms with Crippen LogP contribution < -0.4 is 4.72 Å². The lowest BCUT2D eigenvalue weighted by Crippen LogP contribution is -2.40. The van der Waals surface area contributed by atoms with Gasteiger partial charge in [0.2, 0.25) is 0 Å². The number of rotatable bonds is 4. The Morgan fingerprint density at radius 2 is 1.96 bits per heavy atom. The molecular formula is C14H13ClF2N4O2S2. The summed E-state index contributed by atoms with van der Waals surface area (Å²) in [4.78, 5) is 2.59. The van der Waals surface area contributed by atoms with Crippen LogP contribution in [0.3, 0.4) is 0 Å². The Morgan fingerprint density at radius 3 is 2.52 bits per heavy atom. The van der Waals surface area contributed by atoms with E-state index >= 15 is 0 Å². The second kappa shape index (κ2) is 6.89. The first-order valence-corrected chi connectivity index (χ1v) is 9.51. The van der Waals surface area contributed by atoms with E-state index in [9.17, 15) is 17.2 Å². The number of hydrogen-bond acceptors (Lipinski definition) is 4. The van der Waals surface area contributed by atoms with Gasteiger partial charge in [0.25, 0.3) is 10.0 Å². The molecule has 0 atom stereocenters. The fraction of sp³-hybridized carbons (Fsp3) is 0.286. The minimum atomic E-state index is -4.10. The van der Waals surface area contributed by atoms with Gasteiger partial charge in [0, 0.05) is 21.6 Å². The third-order valence-corrected chi connectivity index (χ3v) is 6.51. The van der Waals surface area contributed by atoms with E-state index < -0.39 is 27.2 Å². The molecule has 1 N–H and O–H groups in total. The van der Waals surface area contributed by atoms with Gasteiger partial charge in [-0.15, -0.1) is 11.3 Å². The predicted molar refractivity (Wildman–Crippen MR) is 93.6 cm³/mol. The summed E-state index contributed by atoms with van der Waals surface area (Å²) in [6, 6.07) is 3.37. The van der Waals surface area contributed by atoms with Gasteiger partial charge in [-0.3, -0.25) is 0 Å². The van der Waals surface area contributed by atoms with Gasteiger partial charge in [-0.1, -0.05) is 28.8 Å². The lowest BCUT2D eigenvalue weighted by atomic mass is 10.1. The molecule has 2 rings (SSSR count). The molecule has 0 aliphatic rings. The van der Waals surface area contributed by atoms with Crippen molar-refractivity contribution in [3.05, 3.63) is 44.6 Å². The third kappa shape index (κ3) is 4.10. The topological polar surface area (TPSA) is 94.9 Å². The van der Waals surface area contributed by atoms with Gasteiger partial charge in [0.05, 0.1) is 5.69 Å². The predicted octanol–water partition coefficient (Wildman–Crippen LogP) is 5.37. The molecule has 134 valence electrons. The lowest BCUT2D eigenvalue weighted by molar-refractivity contribution is 0.492. The van der Waals surface area contributed by atoms with Crippen LogP contribution in [0, 0.1) is 11.6 Å². The maximum atomic E-state index is 14.1. The number of nitrogens with one attached hydrogen (secondary N) is 1. The van der Waals surface area contributed by atoms with Crippen LogP contribution in [0.15, 0.2) is 27.5 Å². The van der Waals surface area contributed by atoms with E-state index in [1.807, 2.05) is 0 Å². The van der Waals surface area contributed by atoms with Crippen molar-refractivity contribution >= 4 is 38.6 Å². The Hall–Kier alpha value is -1.71. The number of nitrogens with zero attached hydrogens (tertiary/aromatic N) is 3. The molecule has 0 unspecified atom stereocenters. The molecule has 0 amide bonds. The average Bonchev–Trinajstić information content (AvgIpc) is 2.78. The van der Waals surface area contributed by atoms with E-state index in [1.165, 1.54) is 12.1 Å². The molecule has 6 nitrogen and oxygen atoms in total. The van der Waals surface area contributed by atoms with Gasteiger partial charge < -0.3 is 0 Å². The second-order valence-electron chi connectivity index (χ2n) is 6.03.